The summed E-state index contributed by atoms with van der Waals surface area (Å²) < 4.78 is 16.2. The first kappa shape index (κ1) is 16.8. The van der Waals surface area contributed by atoms with Gasteiger partial charge in [-0.2, -0.15) is 0 Å². The maximum Gasteiger partial charge on any atom is 0.210 e. The molecular weight excluding hydrogens is 349 g/mol. The topological polar surface area (TPSA) is 45.8 Å². The van der Waals surface area contributed by atoms with Crippen molar-refractivity contribution in [2.24, 2.45) is 9.98 Å². The molecule has 0 radical (unpaired) electrons. The van der Waals surface area contributed by atoms with Crippen LogP contribution in [0.5, 0.6) is 0 Å². The molecule has 1 aliphatic heterocycles. The second kappa shape index (κ2) is 6.92. The standard InChI is InChI=1S/C19H18FN5S/c1-3-17-23-18-15(20)5-4-6-16(18)25(17)19-22-11-21-12-24(19)13-7-9-14(26-2)10-8-13/h4-12,19H,3H2,1-2H3. The molecule has 2 heterocycles. The summed E-state index contributed by atoms with van der Waals surface area (Å²) in [5.41, 5.74) is 2.07. The molecule has 5 nitrogen and oxygen atoms in total. The molecule has 26 heavy (non-hydrogen) atoms. The van der Waals surface area contributed by atoms with E-state index in [2.05, 4.69) is 27.1 Å². The van der Waals surface area contributed by atoms with Gasteiger partial charge in [0.1, 0.15) is 17.7 Å². The van der Waals surface area contributed by atoms with Gasteiger partial charge in [-0.15, -0.1) is 11.8 Å². The highest BCUT2D eigenvalue weighted by atomic mass is 32.2. The van der Waals surface area contributed by atoms with E-state index < -0.39 is 6.29 Å². The molecule has 3 aromatic rings. The Bertz CT molecular complexity index is 993. The van der Waals surface area contributed by atoms with Gasteiger partial charge in [0.25, 0.3) is 0 Å². The van der Waals surface area contributed by atoms with Crippen molar-refractivity contribution in [3.8, 4) is 0 Å². The first-order valence-electron chi connectivity index (χ1n) is 8.35. The second-order valence-electron chi connectivity index (χ2n) is 5.84. The van der Waals surface area contributed by atoms with E-state index in [-0.39, 0.29) is 5.82 Å². The van der Waals surface area contributed by atoms with Crippen molar-refractivity contribution in [3.05, 3.63) is 54.1 Å². The van der Waals surface area contributed by atoms with Crippen molar-refractivity contribution >= 4 is 41.2 Å². The zero-order valence-electron chi connectivity index (χ0n) is 14.5. The molecule has 0 spiro atoms. The number of aromatic nitrogens is 2. The van der Waals surface area contributed by atoms with Crippen LogP contribution < -0.4 is 4.90 Å². The molecule has 0 aliphatic carbocycles. The van der Waals surface area contributed by atoms with Crippen LogP contribution in [0.15, 0.2) is 57.3 Å². The highest BCUT2D eigenvalue weighted by molar-refractivity contribution is 7.98. The van der Waals surface area contributed by atoms with Gasteiger partial charge in [0.15, 0.2) is 5.82 Å². The summed E-state index contributed by atoms with van der Waals surface area (Å²) in [6, 6.07) is 13.2. The zero-order chi connectivity index (χ0) is 18.1. The summed E-state index contributed by atoms with van der Waals surface area (Å²) in [6.07, 6.45) is 5.60. The number of thioether (sulfide) groups is 1. The molecule has 132 valence electrons. The van der Waals surface area contributed by atoms with Crippen LogP contribution in [-0.2, 0) is 6.42 Å². The highest BCUT2D eigenvalue weighted by Gasteiger charge is 2.25. The van der Waals surface area contributed by atoms with Crippen LogP contribution in [0.1, 0.15) is 19.0 Å². The fourth-order valence-electron chi connectivity index (χ4n) is 3.11. The number of hydrogen-bond donors (Lipinski definition) is 0. The third-order valence-corrected chi connectivity index (χ3v) is 5.11. The number of anilines is 1. The third-order valence-electron chi connectivity index (χ3n) is 4.37. The fraction of sp³-hybridized carbons (Fsp3) is 0.211. The Labute approximate surface area is 155 Å². The molecule has 1 aromatic heterocycles. The minimum Gasteiger partial charge on any atom is -0.292 e. The van der Waals surface area contributed by atoms with Crippen LogP contribution in [0.2, 0.25) is 0 Å². The molecule has 0 N–H and O–H groups in total. The average Bonchev–Trinajstić information content (AvgIpc) is 3.08. The Kier molecular flexibility index (Phi) is 4.46. The number of rotatable bonds is 4. The molecule has 0 bridgehead atoms. The molecule has 0 fully saturated rings. The minimum atomic E-state index is -0.394. The van der Waals surface area contributed by atoms with Gasteiger partial charge in [0, 0.05) is 17.0 Å². The summed E-state index contributed by atoms with van der Waals surface area (Å²) in [5.74, 6) is 0.466. The van der Waals surface area contributed by atoms with Gasteiger partial charge in [0.2, 0.25) is 6.29 Å². The maximum absolute atomic E-state index is 14.2. The number of aryl methyl sites for hydroxylation is 1. The molecule has 1 aliphatic rings. The number of imidazole rings is 1. The van der Waals surface area contributed by atoms with Crippen molar-refractivity contribution < 1.29 is 4.39 Å². The maximum atomic E-state index is 14.2. The van der Waals surface area contributed by atoms with E-state index in [0.29, 0.717) is 11.9 Å². The van der Waals surface area contributed by atoms with E-state index in [9.17, 15) is 4.39 Å². The Hall–Kier alpha value is -2.67. The molecular formula is C19H18FN5S. The molecule has 1 unspecified atom stereocenters. The number of fused-ring (bicyclic) bond motifs is 1. The summed E-state index contributed by atoms with van der Waals surface area (Å²) in [5, 5.41) is 0. The lowest BCUT2D eigenvalue weighted by Crippen LogP contribution is -2.33. The molecule has 1 atom stereocenters. The zero-order valence-corrected chi connectivity index (χ0v) is 15.3. The van der Waals surface area contributed by atoms with E-state index in [1.165, 1.54) is 17.3 Å². The predicted molar refractivity (Wildman–Crippen MR) is 106 cm³/mol. The van der Waals surface area contributed by atoms with Crippen LogP contribution in [0.25, 0.3) is 11.0 Å². The van der Waals surface area contributed by atoms with Crippen molar-refractivity contribution in [3.63, 3.8) is 0 Å². The van der Waals surface area contributed by atoms with Gasteiger partial charge in [-0.25, -0.2) is 19.4 Å². The monoisotopic (exact) mass is 367 g/mol. The Balaban J connectivity index is 1.84. The summed E-state index contributed by atoms with van der Waals surface area (Å²) in [6.45, 7) is 2.01. The molecule has 7 heteroatoms. The fourth-order valence-corrected chi connectivity index (χ4v) is 3.52. The summed E-state index contributed by atoms with van der Waals surface area (Å²) in [7, 11) is 0. The smallest absolute Gasteiger partial charge is 0.210 e. The van der Waals surface area contributed by atoms with Crippen LogP contribution in [0.4, 0.5) is 10.1 Å². The van der Waals surface area contributed by atoms with Gasteiger partial charge in [-0.05, 0) is 42.7 Å². The van der Waals surface area contributed by atoms with Crippen LogP contribution >= 0.6 is 11.8 Å². The van der Waals surface area contributed by atoms with Crippen molar-refractivity contribution in [2.45, 2.75) is 24.5 Å². The van der Waals surface area contributed by atoms with E-state index >= 15 is 0 Å². The van der Waals surface area contributed by atoms with E-state index in [4.69, 9.17) is 0 Å². The Morgan fingerprint density at radius 1 is 1.15 bits per heavy atom. The third kappa shape index (κ3) is 2.78. The van der Waals surface area contributed by atoms with Gasteiger partial charge in [-0.3, -0.25) is 9.47 Å². The highest BCUT2D eigenvalue weighted by Crippen LogP contribution is 2.31. The lowest BCUT2D eigenvalue weighted by Gasteiger charge is -2.30. The number of aliphatic imine (C=N–C) groups is 2. The van der Waals surface area contributed by atoms with E-state index in [1.54, 1.807) is 24.2 Å². The Morgan fingerprint density at radius 2 is 1.96 bits per heavy atom. The largest absolute Gasteiger partial charge is 0.292 e. The quantitative estimate of drug-likeness (QED) is 0.638. The van der Waals surface area contributed by atoms with Crippen LogP contribution in [-0.4, -0.2) is 28.5 Å². The number of para-hydroxylation sites is 1. The normalized spacial score (nSPS) is 16.6. The van der Waals surface area contributed by atoms with Gasteiger partial charge in [-0.1, -0.05) is 13.0 Å². The number of hydrogen-bond acceptors (Lipinski definition) is 5. The lowest BCUT2D eigenvalue weighted by molar-refractivity contribution is 0.535. The van der Waals surface area contributed by atoms with Crippen LogP contribution in [0.3, 0.4) is 0 Å². The van der Waals surface area contributed by atoms with Crippen molar-refractivity contribution in [1.82, 2.24) is 9.55 Å². The average molecular weight is 367 g/mol. The summed E-state index contributed by atoms with van der Waals surface area (Å²) in [4.78, 5) is 16.4. The van der Waals surface area contributed by atoms with Gasteiger partial charge < -0.3 is 0 Å². The molecule has 0 amide bonds. The second-order valence-corrected chi connectivity index (χ2v) is 6.72. The van der Waals surface area contributed by atoms with Crippen molar-refractivity contribution in [1.29, 1.82) is 0 Å². The molecule has 0 saturated heterocycles. The summed E-state index contributed by atoms with van der Waals surface area (Å²) >= 11 is 1.69. The SMILES string of the molecule is CCc1nc2c(F)cccc2n1C1N=CN=CN1c1ccc(SC)cc1. The molecule has 4 rings (SSSR count). The molecule has 0 saturated carbocycles. The van der Waals surface area contributed by atoms with Crippen LogP contribution in [0, 0.1) is 5.82 Å². The van der Waals surface area contributed by atoms with E-state index in [0.717, 1.165) is 17.0 Å². The predicted octanol–water partition coefficient (Wildman–Crippen LogP) is 4.49. The number of halogens is 1. The number of benzene rings is 2. The van der Waals surface area contributed by atoms with E-state index in [1.807, 2.05) is 40.8 Å². The lowest BCUT2D eigenvalue weighted by atomic mass is 10.3. The first-order valence-corrected chi connectivity index (χ1v) is 9.58. The molecule has 2 aromatic carbocycles. The number of nitrogens with zero attached hydrogens (tertiary/aromatic N) is 5. The first-order chi connectivity index (χ1) is 12.7. The Morgan fingerprint density at radius 3 is 2.69 bits per heavy atom. The van der Waals surface area contributed by atoms with Crippen molar-refractivity contribution in [2.75, 3.05) is 11.2 Å². The van der Waals surface area contributed by atoms with Gasteiger partial charge in [0.05, 0.1) is 11.9 Å². The minimum absolute atomic E-state index is 0.319. The van der Waals surface area contributed by atoms with Gasteiger partial charge >= 0.3 is 0 Å².